The maximum Gasteiger partial charge on any atom is 0.136 e. The number of Topliss-reactive ketones (excluding diaryl/α,β-unsaturated/α-hetero) is 1. The van der Waals surface area contributed by atoms with Crippen LogP contribution in [-0.2, 0) is 4.79 Å². The average Bonchev–Trinajstić information content (AvgIpc) is 3.04. The minimum absolute atomic E-state index is 0.119. The molecule has 4 N–H and O–H groups in total. The van der Waals surface area contributed by atoms with Crippen LogP contribution in [0.5, 0.6) is 0 Å². The summed E-state index contributed by atoms with van der Waals surface area (Å²) in [7, 11) is 0. The molecule has 0 aromatic rings. The molecule has 0 bridgehead atoms. The molecule has 0 aliphatic heterocycles. The van der Waals surface area contributed by atoms with Crippen molar-refractivity contribution in [2.75, 3.05) is 0 Å². The molecule has 0 heterocycles. The van der Waals surface area contributed by atoms with Crippen molar-refractivity contribution in [2.24, 2.45) is 46.3 Å². The highest BCUT2D eigenvalue weighted by Crippen LogP contribution is 2.67. The summed E-state index contributed by atoms with van der Waals surface area (Å²) in [6.45, 7) is 10.4. The molecule has 0 radical (unpaired) electrons. The van der Waals surface area contributed by atoms with Gasteiger partial charge in [-0.25, -0.2) is 0 Å². The molecule has 0 aromatic carbocycles. The Hall–Kier alpha value is -0.490. The van der Waals surface area contributed by atoms with Crippen molar-refractivity contribution in [3.8, 4) is 0 Å². The molecule has 184 valence electrons. The number of carbonyl (C=O) groups excluding carboxylic acids is 1. The van der Waals surface area contributed by atoms with Crippen LogP contribution in [0.3, 0.4) is 0 Å². The normalized spacial score (nSPS) is 48.5. The van der Waals surface area contributed by atoms with Gasteiger partial charge in [0.05, 0.1) is 23.9 Å². The minimum atomic E-state index is -0.774. The molecule has 4 fully saturated rings. The van der Waals surface area contributed by atoms with E-state index in [1.807, 2.05) is 0 Å². The highest BCUT2D eigenvalue weighted by molar-refractivity contribution is 5.83. The summed E-state index contributed by atoms with van der Waals surface area (Å²) in [6.07, 6.45) is 5.27. The summed E-state index contributed by atoms with van der Waals surface area (Å²) in [4.78, 5) is 13.3. The van der Waals surface area contributed by atoms with E-state index in [2.05, 4.69) is 20.8 Å². The number of hydrogen-bond donors (Lipinski definition) is 4. The SMILES string of the molecule is C[C@H](C(O)CCC(C)(C)O)[C@H]1CC[C@H]2[C@@H]3CC(=O)C4CC(O)C(O)C[C@]4(C)[C@H]3CC[C@]12C. The third-order valence-electron chi connectivity index (χ3n) is 10.8. The van der Waals surface area contributed by atoms with E-state index in [0.29, 0.717) is 61.6 Å². The van der Waals surface area contributed by atoms with Gasteiger partial charge in [-0.2, -0.15) is 0 Å². The second-order valence-corrected chi connectivity index (χ2v) is 13.2. The van der Waals surface area contributed by atoms with Gasteiger partial charge in [-0.1, -0.05) is 20.8 Å². The summed E-state index contributed by atoms with van der Waals surface area (Å²) in [6, 6.07) is 0. The van der Waals surface area contributed by atoms with E-state index < -0.39 is 23.9 Å². The molecule has 11 atom stereocenters. The molecule has 4 aliphatic carbocycles. The standard InChI is InChI=1S/C27H46O5/c1-15(21(28)9-10-25(2,3)32)17-6-7-18-16-12-22(29)20-13-23(30)24(31)14-27(20,5)19(16)8-11-26(17,18)4/h15-21,23-24,28,30-32H,6-14H2,1-5H3/t15-,16-,17+,18-,19-,20?,21?,23?,24?,26+,27+/m0/s1. The molecule has 4 unspecified atom stereocenters. The fourth-order valence-electron chi connectivity index (χ4n) is 9.01. The van der Waals surface area contributed by atoms with Crippen LogP contribution in [0.25, 0.3) is 0 Å². The monoisotopic (exact) mass is 450 g/mol. The molecular formula is C27H46O5. The first-order valence-electron chi connectivity index (χ1n) is 13.1. The molecule has 0 amide bonds. The second kappa shape index (κ2) is 8.32. The molecule has 5 nitrogen and oxygen atoms in total. The van der Waals surface area contributed by atoms with Crippen LogP contribution in [-0.4, -0.2) is 50.1 Å². The first kappa shape index (κ1) is 24.6. The smallest absolute Gasteiger partial charge is 0.136 e. The van der Waals surface area contributed by atoms with Crippen LogP contribution < -0.4 is 0 Å². The van der Waals surface area contributed by atoms with Crippen LogP contribution in [0.15, 0.2) is 0 Å². The van der Waals surface area contributed by atoms with E-state index in [0.717, 1.165) is 25.7 Å². The minimum Gasteiger partial charge on any atom is -0.393 e. The summed E-state index contributed by atoms with van der Waals surface area (Å²) < 4.78 is 0. The maximum absolute atomic E-state index is 13.3. The molecule has 0 aromatic heterocycles. The van der Waals surface area contributed by atoms with E-state index in [-0.39, 0.29) is 22.7 Å². The number of aliphatic hydroxyl groups excluding tert-OH is 3. The van der Waals surface area contributed by atoms with E-state index in [1.165, 1.54) is 0 Å². The summed E-state index contributed by atoms with van der Waals surface area (Å²) in [5.41, 5.74) is -0.837. The van der Waals surface area contributed by atoms with Gasteiger partial charge in [0.15, 0.2) is 0 Å². The molecule has 5 heteroatoms. The fourth-order valence-corrected chi connectivity index (χ4v) is 9.01. The molecule has 4 saturated carbocycles. The van der Waals surface area contributed by atoms with Gasteiger partial charge >= 0.3 is 0 Å². The van der Waals surface area contributed by atoms with E-state index in [9.17, 15) is 25.2 Å². The Morgan fingerprint density at radius 2 is 1.72 bits per heavy atom. The Balaban J connectivity index is 1.53. The number of fused-ring (bicyclic) bond motifs is 5. The quantitative estimate of drug-likeness (QED) is 0.512. The molecular weight excluding hydrogens is 404 g/mol. The van der Waals surface area contributed by atoms with Crippen LogP contribution in [0.1, 0.15) is 92.4 Å². The van der Waals surface area contributed by atoms with Gasteiger partial charge in [0.1, 0.15) is 5.78 Å². The molecule has 0 saturated heterocycles. The lowest BCUT2D eigenvalue weighted by Crippen LogP contribution is -2.59. The van der Waals surface area contributed by atoms with Crippen molar-refractivity contribution in [1.29, 1.82) is 0 Å². The number of hydrogen-bond acceptors (Lipinski definition) is 5. The zero-order valence-electron chi connectivity index (χ0n) is 20.8. The largest absolute Gasteiger partial charge is 0.393 e. The van der Waals surface area contributed by atoms with Crippen molar-refractivity contribution in [2.45, 2.75) is 116 Å². The lowest BCUT2D eigenvalue weighted by Gasteiger charge is -2.61. The number of rotatable bonds is 5. The highest BCUT2D eigenvalue weighted by atomic mass is 16.3. The lowest BCUT2D eigenvalue weighted by atomic mass is 9.44. The third-order valence-corrected chi connectivity index (χ3v) is 10.8. The van der Waals surface area contributed by atoms with Crippen molar-refractivity contribution in [3.63, 3.8) is 0 Å². The van der Waals surface area contributed by atoms with Gasteiger partial charge in [0.25, 0.3) is 0 Å². The van der Waals surface area contributed by atoms with Gasteiger partial charge < -0.3 is 20.4 Å². The number of ketones is 1. The van der Waals surface area contributed by atoms with Gasteiger partial charge in [0, 0.05) is 12.3 Å². The number of carbonyl (C=O) groups is 1. The zero-order chi connectivity index (χ0) is 23.6. The Labute approximate surface area is 194 Å². The van der Waals surface area contributed by atoms with Crippen LogP contribution in [0.4, 0.5) is 0 Å². The van der Waals surface area contributed by atoms with E-state index >= 15 is 0 Å². The zero-order valence-corrected chi connectivity index (χ0v) is 20.8. The molecule has 4 rings (SSSR count). The molecule has 32 heavy (non-hydrogen) atoms. The average molecular weight is 451 g/mol. The van der Waals surface area contributed by atoms with Crippen molar-refractivity contribution in [1.82, 2.24) is 0 Å². The van der Waals surface area contributed by atoms with Crippen LogP contribution >= 0.6 is 0 Å². The topological polar surface area (TPSA) is 98.0 Å². The molecule has 0 spiro atoms. The predicted octanol–water partition coefficient (Wildman–Crippen LogP) is 3.70. The van der Waals surface area contributed by atoms with Crippen molar-refractivity contribution in [3.05, 3.63) is 0 Å². The molecule has 4 aliphatic rings. The fraction of sp³-hybridized carbons (Fsp3) is 0.963. The summed E-state index contributed by atoms with van der Waals surface area (Å²) in [5.74, 6) is 2.07. The van der Waals surface area contributed by atoms with Crippen LogP contribution in [0, 0.1) is 46.3 Å². The van der Waals surface area contributed by atoms with Gasteiger partial charge in [-0.05, 0) is 106 Å². The van der Waals surface area contributed by atoms with Gasteiger partial charge in [-0.3, -0.25) is 4.79 Å². The van der Waals surface area contributed by atoms with E-state index in [1.54, 1.807) is 13.8 Å². The summed E-state index contributed by atoms with van der Waals surface area (Å²) >= 11 is 0. The van der Waals surface area contributed by atoms with Gasteiger partial charge in [-0.15, -0.1) is 0 Å². The van der Waals surface area contributed by atoms with Crippen molar-refractivity contribution < 1.29 is 25.2 Å². The predicted molar refractivity (Wildman–Crippen MR) is 124 cm³/mol. The van der Waals surface area contributed by atoms with Crippen molar-refractivity contribution >= 4 is 5.78 Å². The number of aliphatic hydroxyl groups is 4. The Morgan fingerprint density at radius 3 is 2.38 bits per heavy atom. The Bertz CT molecular complexity index is 715. The van der Waals surface area contributed by atoms with Gasteiger partial charge in [0.2, 0.25) is 0 Å². The maximum atomic E-state index is 13.3. The second-order valence-electron chi connectivity index (χ2n) is 13.2. The first-order chi connectivity index (χ1) is 14.8. The van der Waals surface area contributed by atoms with E-state index in [4.69, 9.17) is 0 Å². The first-order valence-corrected chi connectivity index (χ1v) is 13.1. The lowest BCUT2D eigenvalue weighted by molar-refractivity contribution is -0.174. The Kier molecular flexibility index (Phi) is 6.40. The van der Waals surface area contributed by atoms with Crippen LogP contribution in [0.2, 0.25) is 0 Å². The Morgan fingerprint density at radius 1 is 1.06 bits per heavy atom. The highest BCUT2D eigenvalue weighted by Gasteiger charge is 2.63. The third kappa shape index (κ3) is 3.99. The summed E-state index contributed by atoms with van der Waals surface area (Å²) in [5, 5.41) is 41.7.